The molecule has 0 aliphatic carbocycles. The normalized spacial score (nSPS) is 14.7. The summed E-state index contributed by atoms with van der Waals surface area (Å²) < 4.78 is 10.4. The van der Waals surface area contributed by atoms with Crippen LogP contribution in [0.5, 0.6) is 0 Å². The van der Waals surface area contributed by atoms with Gasteiger partial charge in [-0.15, -0.1) is 0 Å². The number of rotatable bonds is 23. The summed E-state index contributed by atoms with van der Waals surface area (Å²) in [7, 11) is 0. The minimum absolute atomic E-state index is 0.0871. The number of hydrogen-bond acceptors (Lipinski definition) is 8. The molecule has 0 radical (unpaired) electrons. The highest BCUT2D eigenvalue weighted by molar-refractivity contribution is 5.74. The summed E-state index contributed by atoms with van der Waals surface area (Å²) >= 11 is 0. The molecule has 200 valence electrons. The first-order valence-corrected chi connectivity index (χ1v) is 13.2. The van der Waals surface area contributed by atoms with Gasteiger partial charge in [0.15, 0.2) is 18.5 Å². The Morgan fingerprint density at radius 3 is 1.53 bits per heavy atom. The van der Waals surface area contributed by atoms with Crippen LogP contribution in [0.4, 0.5) is 0 Å². The zero-order valence-corrected chi connectivity index (χ0v) is 21.3. The highest BCUT2D eigenvalue weighted by Gasteiger charge is 2.38. The SMILES string of the molecule is CCCCCCCCCC(=O)O[C@@H]([C@H](O)[C@H](O)CO)[C@H](C=O)OC(=O)CCCCCCCCC. The molecule has 3 N–H and O–H groups in total. The largest absolute Gasteiger partial charge is 0.455 e. The van der Waals surface area contributed by atoms with Crippen LogP contribution in [0.3, 0.4) is 0 Å². The smallest absolute Gasteiger partial charge is 0.306 e. The Morgan fingerprint density at radius 2 is 1.12 bits per heavy atom. The van der Waals surface area contributed by atoms with Crippen molar-refractivity contribution in [2.24, 2.45) is 0 Å². The van der Waals surface area contributed by atoms with Gasteiger partial charge in [0.05, 0.1) is 6.61 Å². The van der Waals surface area contributed by atoms with Crippen molar-refractivity contribution in [2.75, 3.05) is 6.61 Å². The van der Waals surface area contributed by atoms with E-state index in [2.05, 4.69) is 13.8 Å². The summed E-state index contributed by atoms with van der Waals surface area (Å²) in [5, 5.41) is 29.3. The van der Waals surface area contributed by atoms with Gasteiger partial charge in [-0.05, 0) is 12.8 Å². The number of carbonyl (C=O) groups is 3. The van der Waals surface area contributed by atoms with E-state index in [1.807, 2.05) is 0 Å². The fraction of sp³-hybridized carbons (Fsp3) is 0.885. The molecule has 0 aromatic heterocycles. The molecule has 4 atom stereocenters. The molecule has 0 fully saturated rings. The standard InChI is InChI=1S/C26H48O8/c1-3-5-7-9-11-13-15-17-23(30)33-22(20-28)26(25(32)21(29)19-27)34-24(31)18-16-14-12-10-8-6-4-2/h20-22,25-27,29,32H,3-19H2,1-2H3/t21-,22+,25-,26-/m1/s1. The molecular weight excluding hydrogens is 440 g/mol. The highest BCUT2D eigenvalue weighted by atomic mass is 16.6. The van der Waals surface area contributed by atoms with Crippen molar-refractivity contribution < 1.29 is 39.2 Å². The van der Waals surface area contributed by atoms with Gasteiger partial charge < -0.3 is 24.8 Å². The van der Waals surface area contributed by atoms with Crippen molar-refractivity contribution in [3.8, 4) is 0 Å². The number of carbonyl (C=O) groups excluding carboxylic acids is 3. The van der Waals surface area contributed by atoms with Gasteiger partial charge in [-0.2, -0.15) is 0 Å². The van der Waals surface area contributed by atoms with E-state index in [1.54, 1.807) is 0 Å². The van der Waals surface area contributed by atoms with Crippen molar-refractivity contribution in [3.63, 3.8) is 0 Å². The molecule has 34 heavy (non-hydrogen) atoms. The summed E-state index contributed by atoms with van der Waals surface area (Å²) in [6, 6.07) is 0. The molecule has 0 amide bonds. The predicted octanol–water partition coefficient (Wildman–Crippen LogP) is 4.00. The lowest BCUT2D eigenvalue weighted by atomic mass is 10.0. The third kappa shape index (κ3) is 16.2. The summed E-state index contributed by atoms with van der Waals surface area (Å²) in [5.74, 6) is -1.29. The minimum Gasteiger partial charge on any atom is -0.455 e. The van der Waals surface area contributed by atoms with Gasteiger partial charge in [-0.3, -0.25) is 14.4 Å². The number of ether oxygens (including phenoxy) is 2. The van der Waals surface area contributed by atoms with Crippen LogP contribution in [-0.2, 0) is 23.9 Å². The van der Waals surface area contributed by atoms with Crippen molar-refractivity contribution >= 4 is 18.2 Å². The molecule has 0 saturated heterocycles. The van der Waals surface area contributed by atoms with Gasteiger partial charge in [0, 0.05) is 12.8 Å². The maximum Gasteiger partial charge on any atom is 0.306 e. The number of aliphatic hydroxyl groups excluding tert-OH is 3. The van der Waals surface area contributed by atoms with Gasteiger partial charge >= 0.3 is 11.9 Å². The van der Waals surface area contributed by atoms with Gasteiger partial charge in [-0.1, -0.05) is 90.9 Å². The van der Waals surface area contributed by atoms with Gasteiger partial charge in [-0.25, -0.2) is 0 Å². The van der Waals surface area contributed by atoms with E-state index >= 15 is 0 Å². The monoisotopic (exact) mass is 488 g/mol. The van der Waals surface area contributed by atoms with Crippen molar-refractivity contribution in [1.82, 2.24) is 0 Å². The number of unbranched alkanes of at least 4 members (excludes halogenated alkanes) is 12. The zero-order chi connectivity index (χ0) is 25.6. The van der Waals surface area contributed by atoms with Crippen LogP contribution >= 0.6 is 0 Å². The van der Waals surface area contributed by atoms with Crippen LogP contribution in [0.25, 0.3) is 0 Å². The summed E-state index contributed by atoms with van der Waals surface area (Å²) in [5.41, 5.74) is 0. The van der Waals surface area contributed by atoms with E-state index in [0.29, 0.717) is 12.8 Å². The molecule has 0 aromatic rings. The first-order valence-electron chi connectivity index (χ1n) is 13.2. The topological polar surface area (TPSA) is 130 Å². The average Bonchev–Trinajstić information content (AvgIpc) is 2.83. The molecule has 8 nitrogen and oxygen atoms in total. The molecule has 0 heterocycles. The second-order valence-corrected chi connectivity index (χ2v) is 9.03. The molecule has 0 aliphatic rings. The lowest BCUT2D eigenvalue weighted by Crippen LogP contribution is -2.50. The Hall–Kier alpha value is -1.51. The molecule has 0 rings (SSSR count). The van der Waals surface area contributed by atoms with Crippen LogP contribution in [0.15, 0.2) is 0 Å². The van der Waals surface area contributed by atoms with Crippen LogP contribution in [-0.4, -0.2) is 64.6 Å². The van der Waals surface area contributed by atoms with Crippen LogP contribution < -0.4 is 0 Å². The number of aldehydes is 1. The van der Waals surface area contributed by atoms with E-state index < -0.39 is 43.0 Å². The fourth-order valence-electron chi connectivity index (χ4n) is 3.70. The van der Waals surface area contributed by atoms with Gasteiger partial charge in [0.2, 0.25) is 0 Å². The maximum atomic E-state index is 12.3. The first-order chi connectivity index (χ1) is 16.4. The van der Waals surface area contributed by atoms with Crippen molar-refractivity contribution in [3.05, 3.63) is 0 Å². The Kier molecular flexibility index (Phi) is 21.0. The molecule has 0 aliphatic heterocycles. The third-order valence-electron chi connectivity index (χ3n) is 5.88. The Bertz CT molecular complexity index is 525. The molecular formula is C26H48O8. The number of hydrogen-bond donors (Lipinski definition) is 3. The lowest BCUT2D eigenvalue weighted by Gasteiger charge is -2.29. The Morgan fingerprint density at radius 1 is 0.706 bits per heavy atom. The highest BCUT2D eigenvalue weighted by Crippen LogP contribution is 2.16. The average molecular weight is 489 g/mol. The summed E-state index contributed by atoms with van der Waals surface area (Å²) in [6.45, 7) is 3.49. The second-order valence-electron chi connectivity index (χ2n) is 9.03. The molecule has 0 unspecified atom stereocenters. The van der Waals surface area contributed by atoms with Crippen LogP contribution in [0, 0.1) is 0 Å². The van der Waals surface area contributed by atoms with Crippen molar-refractivity contribution in [1.29, 1.82) is 0 Å². The predicted molar refractivity (Wildman–Crippen MR) is 130 cm³/mol. The zero-order valence-electron chi connectivity index (χ0n) is 21.3. The second kappa shape index (κ2) is 22.0. The third-order valence-corrected chi connectivity index (χ3v) is 5.88. The summed E-state index contributed by atoms with van der Waals surface area (Å²) in [4.78, 5) is 36.1. The van der Waals surface area contributed by atoms with E-state index in [9.17, 15) is 24.6 Å². The van der Waals surface area contributed by atoms with Crippen LogP contribution in [0.2, 0.25) is 0 Å². The molecule has 0 saturated carbocycles. The minimum atomic E-state index is -1.77. The molecule has 0 aromatic carbocycles. The van der Waals surface area contributed by atoms with Gasteiger partial charge in [0.25, 0.3) is 0 Å². The quantitative estimate of drug-likeness (QED) is 0.112. The molecule has 8 heteroatoms. The number of esters is 2. The first kappa shape index (κ1) is 32.5. The Balaban J connectivity index is 4.65. The summed E-state index contributed by atoms with van der Waals surface area (Å²) in [6.07, 6.45) is 8.14. The maximum absolute atomic E-state index is 12.3. The van der Waals surface area contributed by atoms with Gasteiger partial charge in [0.1, 0.15) is 12.2 Å². The molecule has 0 spiro atoms. The molecule has 0 bridgehead atoms. The fourth-order valence-corrected chi connectivity index (χ4v) is 3.70. The lowest BCUT2D eigenvalue weighted by molar-refractivity contribution is -0.185. The van der Waals surface area contributed by atoms with E-state index in [-0.39, 0.29) is 19.1 Å². The van der Waals surface area contributed by atoms with E-state index in [1.165, 1.54) is 32.1 Å². The number of aliphatic hydroxyl groups is 3. The van der Waals surface area contributed by atoms with E-state index in [0.717, 1.165) is 44.9 Å². The van der Waals surface area contributed by atoms with E-state index in [4.69, 9.17) is 14.6 Å². The van der Waals surface area contributed by atoms with Crippen molar-refractivity contribution in [2.45, 2.75) is 141 Å². The van der Waals surface area contributed by atoms with Crippen LogP contribution in [0.1, 0.15) is 117 Å². The Labute approximate surface area is 205 Å².